The van der Waals surface area contributed by atoms with Crippen LogP contribution >= 0.6 is 11.3 Å². The lowest BCUT2D eigenvalue weighted by Crippen LogP contribution is -2.11. The van der Waals surface area contributed by atoms with Crippen molar-refractivity contribution in [3.05, 3.63) is 47.0 Å². The van der Waals surface area contributed by atoms with E-state index in [9.17, 15) is 0 Å². The van der Waals surface area contributed by atoms with Gasteiger partial charge >= 0.3 is 0 Å². The van der Waals surface area contributed by atoms with E-state index in [-0.39, 0.29) is 0 Å². The van der Waals surface area contributed by atoms with E-state index in [1.807, 2.05) is 19.1 Å². The Kier molecular flexibility index (Phi) is 4.39. The highest BCUT2D eigenvalue weighted by Crippen LogP contribution is 2.38. The zero-order valence-corrected chi connectivity index (χ0v) is 17.6. The molecular weight excluding hydrogens is 375 g/mol. The smallest absolute Gasteiger partial charge is 0.192 e. The molecule has 2 heterocycles. The summed E-state index contributed by atoms with van der Waals surface area (Å²) in [5.41, 5.74) is 15.2. The molecule has 0 amide bonds. The van der Waals surface area contributed by atoms with E-state index >= 15 is 0 Å². The summed E-state index contributed by atoms with van der Waals surface area (Å²) in [5.74, 6) is 0. The molecule has 2 aromatic heterocycles. The molecule has 4 nitrogen and oxygen atoms in total. The van der Waals surface area contributed by atoms with Crippen LogP contribution in [-0.4, -0.2) is 23.0 Å². The molecule has 0 aliphatic heterocycles. The first-order valence-electron chi connectivity index (χ1n) is 10.3. The van der Waals surface area contributed by atoms with Gasteiger partial charge in [0.2, 0.25) is 0 Å². The van der Waals surface area contributed by atoms with Crippen LogP contribution in [0.25, 0.3) is 32.4 Å². The summed E-state index contributed by atoms with van der Waals surface area (Å²) in [7, 11) is 0.964. The molecule has 0 bridgehead atoms. The first-order valence-corrected chi connectivity index (χ1v) is 11.1. The maximum atomic E-state index is 8.29. The average Bonchev–Trinajstić information content (AvgIpc) is 3.15. The van der Waals surface area contributed by atoms with Gasteiger partial charge < -0.3 is 11.1 Å². The minimum atomic E-state index is 0.508. The zero-order valence-electron chi connectivity index (χ0n) is 16.8. The number of benzene rings is 2. The lowest BCUT2D eigenvalue weighted by molar-refractivity contribution is 0.689. The number of nitrogens with one attached hydrogen (secondary N) is 1. The fourth-order valence-corrected chi connectivity index (χ4v) is 5.50. The molecular formula is C23H23BN4S. The number of hydrogen-bond donors (Lipinski definition) is 2. The summed E-state index contributed by atoms with van der Waals surface area (Å²) < 4.78 is 1.22. The molecule has 29 heavy (non-hydrogen) atoms. The van der Waals surface area contributed by atoms with Gasteiger partial charge in [0.1, 0.15) is 0 Å². The first-order chi connectivity index (χ1) is 14.1. The number of pyridine rings is 1. The number of anilines is 1. The molecule has 0 unspecified atom stereocenters. The van der Waals surface area contributed by atoms with E-state index in [1.165, 1.54) is 33.6 Å². The fraction of sp³-hybridized carbons (Fsp3) is 0.261. The third kappa shape index (κ3) is 2.94. The number of aromatic nitrogens is 2. The highest BCUT2D eigenvalue weighted by molar-refractivity contribution is 7.26. The summed E-state index contributed by atoms with van der Waals surface area (Å²) in [4.78, 5) is 11.0. The molecule has 1 aliphatic carbocycles. The Morgan fingerprint density at radius 3 is 2.59 bits per heavy atom. The Morgan fingerprint density at radius 1 is 1.07 bits per heavy atom. The van der Waals surface area contributed by atoms with Gasteiger partial charge in [-0.05, 0) is 68.0 Å². The molecule has 3 N–H and O–H groups in total. The van der Waals surface area contributed by atoms with Crippen molar-refractivity contribution in [2.24, 2.45) is 0 Å². The average molecular weight is 398 g/mol. The maximum Gasteiger partial charge on any atom is 0.192 e. The van der Waals surface area contributed by atoms with E-state index in [1.54, 1.807) is 11.3 Å². The van der Waals surface area contributed by atoms with Crippen LogP contribution in [0.1, 0.15) is 36.5 Å². The van der Waals surface area contributed by atoms with Crippen molar-refractivity contribution in [3.8, 4) is 11.3 Å². The Balaban J connectivity index is 1.81. The number of nitrogen functional groups attached to an aromatic ring is 1. The molecule has 0 radical (unpaired) electrons. The highest BCUT2D eigenvalue weighted by Gasteiger charge is 2.23. The third-order valence-corrected chi connectivity index (χ3v) is 7.05. The first kappa shape index (κ1) is 18.3. The molecule has 0 saturated heterocycles. The molecule has 4 aromatic rings. The van der Waals surface area contributed by atoms with Gasteiger partial charge in [-0.25, -0.2) is 4.98 Å². The number of nitrogens with two attached hydrogens (primary N) is 1. The minimum absolute atomic E-state index is 0.508. The Hall–Kier alpha value is -2.73. The number of nitrogens with zero attached hydrogens (tertiary/aromatic N) is 2. The van der Waals surface area contributed by atoms with Crippen LogP contribution in [0.5, 0.6) is 0 Å². The fourth-order valence-electron chi connectivity index (χ4n) is 4.55. The van der Waals surface area contributed by atoms with Crippen molar-refractivity contribution >= 4 is 56.0 Å². The Morgan fingerprint density at radius 2 is 1.83 bits per heavy atom. The molecule has 6 heteroatoms. The molecule has 0 fully saturated rings. The Labute approximate surface area is 174 Å². The predicted octanol–water partition coefficient (Wildman–Crippen LogP) is 4.47. The monoisotopic (exact) mass is 398 g/mol. The summed E-state index contributed by atoms with van der Waals surface area (Å²) in [6.07, 6.45) is 4.40. The van der Waals surface area contributed by atoms with Crippen LogP contribution in [-0.2, 0) is 12.8 Å². The van der Waals surface area contributed by atoms with Crippen LogP contribution in [0, 0.1) is 5.41 Å². The SMILES string of the molecule is CBc1nc2ccc(-c3nc4ccc(N)c(C(C)=N)c4c4c3CCCC4)cc2s1. The number of thiazole rings is 1. The van der Waals surface area contributed by atoms with Crippen LogP contribution in [0.3, 0.4) is 0 Å². The van der Waals surface area contributed by atoms with Gasteiger partial charge in [-0.3, -0.25) is 4.98 Å². The van der Waals surface area contributed by atoms with Crippen LogP contribution in [0.4, 0.5) is 5.69 Å². The summed E-state index contributed by atoms with van der Waals surface area (Å²) in [5, 5.41) is 9.38. The number of hydrogen-bond acceptors (Lipinski definition) is 5. The minimum Gasteiger partial charge on any atom is -0.398 e. The lowest BCUT2D eigenvalue weighted by atomic mass is 9.84. The standard InChI is InChI=1S/C23H23BN4S/c1-12(25)20-16(26)8-10-18-21(20)14-5-3-4-6-15(14)22(27-18)13-7-9-17-19(11-13)29-23(24-2)28-17/h7-11,24-25H,3-6,26H2,1-2H3. The highest BCUT2D eigenvalue weighted by atomic mass is 32.1. The van der Waals surface area contributed by atoms with Crippen LogP contribution in [0.15, 0.2) is 30.3 Å². The number of fused-ring (bicyclic) bond motifs is 4. The van der Waals surface area contributed by atoms with E-state index in [0.717, 1.165) is 53.4 Å². The van der Waals surface area contributed by atoms with Crippen molar-refractivity contribution in [1.82, 2.24) is 9.97 Å². The van der Waals surface area contributed by atoms with Gasteiger partial charge in [0.15, 0.2) is 7.28 Å². The second-order valence-electron chi connectivity index (χ2n) is 7.82. The zero-order chi connectivity index (χ0) is 20.1. The summed E-state index contributed by atoms with van der Waals surface area (Å²) in [6, 6.07) is 10.4. The normalized spacial score (nSPS) is 13.6. The Bertz CT molecular complexity index is 1290. The lowest BCUT2D eigenvalue weighted by Gasteiger charge is -2.23. The molecule has 0 spiro atoms. The van der Waals surface area contributed by atoms with Crippen molar-refractivity contribution < 1.29 is 0 Å². The van der Waals surface area contributed by atoms with Gasteiger partial charge in [0.05, 0.1) is 26.3 Å². The second-order valence-corrected chi connectivity index (χ2v) is 8.93. The van der Waals surface area contributed by atoms with Crippen molar-refractivity contribution in [2.75, 3.05) is 5.73 Å². The van der Waals surface area contributed by atoms with E-state index in [0.29, 0.717) is 11.4 Å². The molecule has 1 aliphatic rings. The largest absolute Gasteiger partial charge is 0.398 e. The molecule has 2 aromatic carbocycles. The van der Waals surface area contributed by atoms with Crippen LogP contribution in [0.2, 0.25) is 6.82 Å². The van der Waals surface area contributed by atoms with Crippen molar-refractivity contribution in [1.29, 1.82) is 5.41 Å². The third-order valence-electron chi connectivity index (χ3n) is 5.89. The number of rotatable bonds is 3. The maximum absolute atomic E-state index is 8.29. The predicted molar refractivity (Wildman–Crippen MR) is 127 cm³/mol. The van der Waals surface area contributed by atoms with Gasteiger partial charge in [0.25, 0.3) is 0 Å². The quantitative estimate of drug-likeness (QED) is 0.304. The second kappa shape index (κ2) is 6.96. The van der Waals surface area contributed by atoms with Gasteiger partial charge in [-0.2, -0.15) is 0 Å². The van der Waals surface area contributed by atoms with Gasteiger partial charge in [-0.1, -0.05) is 12.9 Å². The van der Waals surface area contributed by atoms with Crippen molar-refractivity contribution in [2.45, 2.75) is 39.4 Å². The summed E-state index contributed by atoms with van der Waals surface area (Å²) >= 11 is 1.77. The van der Waals surface area contributed by atoms with Gasteiger partial charge in [-0.15, -0.1) is 11.3 Å². The van der Waals surface area contributed by atoms with E-state index in [2.05, 4.69) is 25.0 Å². The van der Waals surface area contributed by atoms with E-state index in [4.69, 9.17) is 21.1 Å². The van der Waals surface area contributed by atoms with Crippen LogP contribution < -0.4 is 10.6 Å². The van der Waals surface area contributed by atoms with Crippen molar-refractivity contribution in [3.63, 3.8) is 0 Å². The van der Waals surface area contributed by atoms with E-state index < -0.39 is 0 Å². The summed E-state index contributed by atoms with van der Waals surface area (Å²) in [6.45, 7) is 3.96. The molecule has 144 valence electrons. The molecule has 0 atom stereocenters. The molecule has 5 rings (SSSR count). The van der Waals surface area contributed by atoms with Gasteiger partial charge in [0, 0.05) is 27.9 Å². The number of aryl methyl sites for hydroxylation is 1. The molecule has 0 saturated carbocycles. The topological polar surface area (TPSA) is 75.7 Å².